The van der Waals surface area contributed by atoms with Crippen LogP contribution in [0.2, 0.25) is 0 Å². The van der Waals surface area contributed by atoms with E-state index in [1.165, 1.54) is 0 Å². The largest absolute Gasteiger partial charge is 0.466 e. The van der Waals surface area contributed by atoms with Gasteiger partial charge in [-0.25, -0.2) is 4.98 Å². The van der Waals surface area contributed by atoms with Crippen LogP contribution in [0.5, 0.6) is 0 Å². The van der Waals surface area contributed by atoms with Gasteiger partial charge in [-0.15, -0.1) is 0 Å². The van der Waals surface area contributed by atoms with Crippen molar-refractivity contribution in [1.82, 2.24) is 14.8 Å². The number of nitrogens with one attached hydrogen (secondary N) is 1. The molecule has 6 nitrogen and oxygen atoms in total. The highest BCUT2D eigenvalue weighted by Gasteiger charge is 2.14. The first-order valence-corrected chi connectivity index (χ1v) is 6.63. The molecule has 3 rings (SSSR count). The summed E-state index contributed by atoms with van der Waals surface area (Å²) in [4.78, 5) is 16.6. The average Bonchev–Trinajstić information content (AvgIpc) is 2.90. The highest BCUT2D eigenvalue weighted by Crippen LogP contribution is 2.21. The molecule has 0 radical (unpaired) electrons. The lowest BCUT2D eigenvalue weighted by atomic mass is 10.2. The van der Waals surface area contributed by atoms with Crippen LogP contribution >= 0.6 is 0 Å². The smallest absolute Gasteiger partial charge is 0.259 e. The number of carbonyl (C=O) groups is 1. The first kappa shape index (κ1) is 13.4. The molecule has 3 aromatic heterocycles. The van der Waals surface area contributed by atoms with Crippen LogP contribution in [-0.2, 0) is 7.05 Å². The number of fused-ring (bicyclic) bond motifs is 1. The molecule has 0 aromatic carbocycles. The third-order valence-corrected chi connectivity index (χ3v) is 3.41. The molecule has 1 amide bonds. The van der Waals surface area contributed by atoms with E-state index >= 15 is 0 Å². The number of pyridine rings is 1. The predicted molar refractivity (Wildman–Crippen MR) is 79.4 cm³/mol. The number of aryl methyl sites for hydroxylation is 4. The highest BCUT2D eigenvalue weighted by atomic mass is 16.3. The molecule has 0 bridgehead atoms. The van der Waals surface area contributed by atoms with Gasteiger partial charge in [-0.2, -0.15) is 5.10 Å². The van der Waals surface area contributed by atoms with Crippen LogP contribution in [0.4, 0.5) is 5.69 Å². The summed E-state index contributed by atoms with van der Waals surface area (Å²) >= 11 is 0. The lowest BCUT2D eigenvalue weighted by Crippen LogP contribution is -2.12. The Hall–Kier alpha value is -2.63. The first-order valence-electron chi connectivity index (χ1n) is 6.63. The Balaban J connectivity index is 1.93. The number of nitrogens with zero attached hydrogens (tertiary/aromatic N) is 3. The fourth-order valence-corrected chi connectivity index (χ4v) is 2.43. The molecule has 1 N–H and O–H groups in total. The Morgan fingerprint density at radius 2 is 2.05 bits per heavy atom. The molecular weight excluding hydrogens is 268 g/mol. The maximum absolute atomic E-state index is 12.3. The summed E-state index contributed by atoms with van der Waals surface area (Å²) in [5.74, 6) is 1.12. The van der Waals surface area contributed by atoms with E-state index in [-0.39, 0.29) is 5.91 Å². The van der Waals surface area contributed by atoms with Crippen LogP contribution in [-0.4, -0.2) is 20.7 Å². The second kappa shape index (κ2) is 4.73. The van der Waals surface area contributed by atoms with Crippen molar-refractivity contribution in [3.8, 4) is 0 Å². The summed E-state index contributed by atoms with van der Waals surface area (Å²) in [5, 5.41) is 8.08. The van der Waals surface area contributed by atoms with Crippen LogP contribution in [0.1, 0.15) is 27.6 Å². The van der Waals surface area contributed by atoms with E-state index in [0.29, 0.717) is 22.8 Å². The average molecular weight is 284 g/mol. The van der Waals surface area contributed by atoms with Gasteiger partial charge in [0.15, 0.2) is 5.65 Å². The fourth-order valence-electron chi connectivity index (χ4n) is 2.43. The summed E-state index contributed by atoms with van der Waals surface area (Å²) in [7, 11) is 1.85. The molecule has 0 aliphatic heterocycles. The molecule has 0 saturated heterocycles. The SMILES string of the molecule is Cc1cc(C(=O)Nc2cnc3c(c2)c(C)nn3C)c(C)o1. The summed E-state index contributed by atoms with van der Waals surface area (Å²) in [6.45, 7) is 5.50. The van der Waals surface area contributed by atoms with Crippen molar-refractivity contribution < 1.29 is 9.21 Å². The van der Waals surface area contributed by atoms with E-state index < -0.39 is 0 Å². The van der Waals surface area contributed by atoms with Crippen molar-refractivity contribution in [3.05, 3.63) is 41.1 Å². The van der Waals surface area contributed by atoms with Gasteiger partial charge in [-0.1, -0.05) is 0 Å². The molecule has 0 aliphatic rings. The Kier molecular flexibility index (Phi) is 3.01. The zero-order chi connectivity index (χ0) is 15.1. The molecule has 3 heterocycles. The second-order valence-corrected chi connectivity index (χ2v) is 5.09. The number of carbonyl (C=O) groups excluding carboxylic acids is 1. The van der Waals surface area contributed by atoms with Crippen molar-refractivity contribution in [1.29, 1.82) is 0 Å². The summed E-state index contributed by atoms with van der Waals surface area (Å²) < 4.78 is 7.10. The standard InChI is InChI=1S/C15H16N4O2/c1-8-5-13(10(3)21-8)15(20)17-11-6-12-9(2)18-19(4)14(12)16-7-11/h5-7H,1-4H3,(H,17,20). The van der Waals surface area contributed by atoms with Gasteiger partial charge < -0.3 is 9.73 Å². The molecule has 0 atom stereocenters. The molecule has 108 valence electrons. The number of anilines is 1. The number of amides is 1. The van der Waals surface area contributed by atoms with Gasteiger partial charge in [0.05, 0.1) is 23.1 Å². The predicted octanol–water partition coefficient (Wildman–Crippen LogP) is 2.74. The summed E-state index contributed by atoms with van der Waals surface area (Å²) in [5.41, 5.74) is 2.85. The van der Waals surface area contributed by atoms with E-state index in [0.717, 1.165) is 16.7 Å². The first-order chi connectivity index (χ1) is 9.95. The molecule has 21 heavy (non-hydrogen) atoms. The highest BCUT2D eigenvalue weighted by molar-refractivity contribution is 6.05. The number of hydrogen-bond donors (Lipinski definition) is 1. The minimum absolute atomic E-state index is 0.202. The van der Waals surface area contributed by atoms with Gasteiger partial charge in [0.1, 0.15) is 11.5 Å². The Bertz CT molecular complexity index is 845. The maximum atomic E-state index is 12.3. The minimum atomic E-state index is -0.202. The molecule has 0 aliphatic carbocycles. The van der Waals surface area contributed by atoms with Crippen molar-refractivity contribution in [2.75, 3.05) is 5.32 Å². The van der Waals surface area contributed by atoms with Gasteiger partial charge in [0.25, 0.3) is 5.91 Å². The Morgan fingerprint density at radius 3 is 2.71 bits per heavy atom. The molecule has 0 fully saturated rings. The van der Waals surface area contributed by atoms with E-state index in [9.17, 15) is 4.79 Å². The molecular formula is C15H16N4O2. The second-order valence-electron chi connectivity index (χ2n) is 5.09. The van der Waals surface area contributed by atoms with Crippen LogP contribution < -0.4 is 5.32 Å². The number of aromatic nitrogens is 3. The van der Waals surface area contributed by atoms with E-state index in [1.54, 1.807) is 23.9 Å². The number of hydrogen-bond acceptors (Lipinski definition) is 4. The number of furan rings is 1. The van der Waals surface area contributed by atoms with Crippen molar-refractivity contribution in [2.45, 2.75) is 20.8 Å². The molecule has 0 saturated carbocycles. The van der Waals surface area contributed by atoms with Crippen molar-refractivity contribution in [2.24, 2.45) is 7.05 Å². The fraction of sp³-hybridized carbons (Fsp3) is 0.267. The molecule has 3 aromatic rings. The van der Waals surface area contributed by atoms with E-state index in [1.807, 2.05) is 27.0 Å². The summed E-state index contributed by atoms with van der Waals surface area (Å²) in [6, 6.07) is 3.61. The lowest BCUT2D eigenvalue weighted by Gasteiger charge is -2.04. The molecule has 0 unspecified atom stereocenters. The Morgan fingerprint density at radius 1 is 1.29 bits per heavy atom. The van der Waals surface area contributed by atoms with Crippen LogP contribution in [0.15, 0.2) is 22.7 Å². The lowest BCUT2D eigenvalue weighted by molar-refractivity contribution is 0.102. The minimum Gasteiger partial charge on any atom is -0.466 e. The third-order valence-electron chi connectivity index (χ3n) is 3.41. The van der Waals surface area contributed by atoms with Gasteiger partial charge in [0, 0.05) is 12.4 Å². The van der Waals surface area contributed by atoms with Crippen molar-refractivity contribution in [3.63, 3.8) is 0 Å². The maximum Gasteiger partial charge on any atom is 0.259 e. The van der Waals surface area contributed by atoms with E-state index in [2.05, 4.69) is 15.4 Å². The van der Waals surface area contributed by atoms with E-state index in [4.69, 9.17) is 4.42 Å². The van der Waals surface area contributed by atoms with Crippen LogP contribution in [0.3, 0.4) is 0 Å². The monoisotopic (exact) mass is 284 g/mol. The topological polar surface area (TPSA) is 73.0 Å². The zero-order valence-electron chi connectivity index (χ0n) is 12.4. The molecule has 0 spiro atoms. The normalized spacial score (nSPS) is 11.0. The van der Waals surface area contributed by atoms with Gasteiger partial charge in [0.2, 0.25) is 0 Å². The quantitative estimate of drug-likeness (QED) is 0.785. The van der Waals surface area contributed by atoms with Gasteiger partial charge in [-0.05, 0) is 32.9 Å². The van der Waals surface area contributed by atoms with Gasteiger partial charge in [-0.3, -0.25) is 9.48 Å². The zero-order valence-corrected chi connectivity index (χ0v) is 12.4. The molecule has 6 heteroatoms. The van der Waals surface area contributed by atoms with Crippen molar-refractivity contribution >= 4 is 22.6 Å². The number of rotatable bonds is 2. The van der Waals surface area contributed by atoms with Gasteiger partial charge >= 0.3 is 0 Å². The van der Waals surface area contributed by atoms with Crippen LogP contribution in [0, 0.1) is 20.8 Å². The summed E-state index contributed by atoms with van der Waals surface area (Å²) in [6.07, 6.45) is 1.63. The Labute approximate surface area is 121 Å². The van der Waals surface area contributed by atoms with Crippen LogP contribution in [0.25, 0.3) is 11.0 Å². The third kappa shape index (κ3) is 2.29.